The molecule has 0 heterocycles. The van der Waals surface area contributed by atoms with Crippen molar-refractivity contribution < 1.29 is 9.53 Å². The third-order valence-electron chi connectivity index (χ3n) is 1.94. The number of hydrogen-bond donors (Lipinski definition) is 0. The molecule has 0 radical (unpaired) electrons. The molecule has 0 N–H and O–H groups in total. The molecule has 0 rings (SSSR count). The molecule has 0 atom stereocenters. The van der Waals surface area contributed by atoms with E-state index in [4.69, 9.17) is 4.74 Å². The van der Waals surface area contributed by atoms with E-state index >= 15 is 0 Å². The molecule has 15 heavy (non-hydrogen) atoms. The SMILES string of the molecule is CC.CCCCOCCN(C)C(=O)CC. The van der Waals surface area contributed by atoms with Gasteiger partial charge in [0.05, 0.1) is 6.61 Å². The van der Waals surface area contributed by atoms with E-state index in [1.54, 1.807) is 4.90 Å². The molecular weight excluding hydrogens is 190 g/mol. The highest BCUT2D eigenvalue weighted by molar-refractivity contribution is 5.75. The molecule has 0 saturated heterocycles. The summed E-state index contributed by atoms with van der Waals surface area (Å²) >= 11 is 0. The van der Waals surface area contributed by atoms with Crippen molar-refractivity contribution in [1.29, 1.82) is 0 Å². The van der Waals surface area contributed by atoms with Crippen molar-refractivity contribution >= 4 is 5.91 Å². The summed E-state index contributed by atoms with van der Waals surface area (Å²) in [6, 6.07) is 0. The van der Waals surface area contributed by atoms with Crippen molar-refractivity contribution in [2.24, 2.45) is 0 Å². The van der Waals surface area contributed by atoms with Crippen LogP contribution in [0.25, 0.3) is 0 Å². The Morgan fingerprint density at radius 1 is 1.20 bits per heavy atom. The van der Waals surface area contributed by atoms with Gasteiger partial charge in [-0.25, -0.2) is 0 Å². The van der Waals surface area contributed by atoms with Crippen molar-refractivity contribution in [2.45, 2.75) is 47.0 Å². The Balaban J connectivity index is 0. The Hall–Kier alpha value is -0.570. The molecule has 0 aliphatic heterocycles. The maximum absolute atomic E-state index is 11.1. The number of carbonyl (C=O) groups is 1. The zero-order valence-corrected chi connectivity index (χ0v) is 11.0. The minimum Gasteiger partial charge on any atom is -0.380 e. The first-order chi connectivity index (χ1) is 7.22. The predicted molar refractivity (Wildman–Crippen MR) is 65.0 cm³/mol. The van der Waals surface area contributed by atoms with Gasteiger partial charge in [0.1, 0.15) is 0 Å². The fourth-order valence-electron chi connectivity index (χ4n) is 0.945. The fraction of sp³-hybridized carbons (Fsp3) is 0.917. The van der Waals surface area contributed by atoms with Crippen molar-refractivity contribution in [3.63, 3.8) is 0 Å². The molecular formula is C12H27NO2. The number of ether oxygens (including phenoxy) is 1. The predicted octanol–water partition coefficient (Wildman–Crippen LogP) is 2.70. The zero-order chi connectivity index (χ0) is 12.1. The Labute approximate surface area is 94.8 Å². The summed E-state index contributed by atoms with van der Waals surface area (Å²) in [4.78, 5) is 12.8. The molecule has 3 nitrogen and oxygen atoms in total. The van der Waals surface area contributed by atoms with E-state index in [0.717, 1.165) is 19.4 Å². The lowest BCUT2D eigenvalue weighted by Crippen LogP contribution is -2.29. The van der Waals surface area contributed by atoms with Gasteiger partial charge < -0.3 is 9.64 Å². The van der Waals surface area contributed by atoms with Gasteiger partial charge in [0.25, 0.3) is 0 Å². The standard InChI is InChI=1S/C10H21NO2.C2H6/c1-4-6-8-13-9-7-11(3)10(12)5-2;1-2/h4-9H2,1-3H3;1-2H3. The van der Waals surface area contributed by atoms with Crippen LogP contribution in [0.5, 0.6) is 0 Å². The van der Waals surface area contributed by atoms with E-state index in [1.807, 2.05) is 27.8 Å². The first-order valence-corrected chi connectivity index (χ1v) is 6.04. The molecule has 0 fully saturated rings. The van der Waals surface area contributed by atoms with E-state index in [0.29, 0.717) is 19.6 Å². The van der Waals surface area contributed by atoms with Crippen LogP contribution in [0.4, 0.5) is 0 Å². The number of rotatable bonds is 7. The summed E-state index contributed by atoms with van der Waals surface area (Å²) in [7, 11) is 1.81. The van der Waals surface area contributed by atoms with Gasteiger partial charge in [-0.1, -0.05) is 34.1 Å². The molecule has 0 aromatic carbocycles. The maximum atomic E-state index is 11.1. The quantitative estimate of drug-likeness (QED) is 0.614. The van der Waals surface area contributed by atoms with Gasteiger partial charge >= 0.3 is 0 Å². The summed E-state index contributed by atoms with van der Waals surface area (Å²) in [6.07, 6.45) is 2.83. The Kier molecular flexibility index (Phi) is 15.1. The summed E-state index contributed by atoms with van der Waals surface area (Å²) in [6.45, 7) is 10.2. The van der Waals surface area contributed by atoms with Crippen LogP contribution in [-0.4, -0.2) is 37.6 Å². The van der Waals surface area contributed by atoms with Crippen LogP contribution in [0.2, 0.25) is 0 Å². The molecule has 92 valence electrons. The topological polar surface area (TPSA) is 29.5 Å². The van der Waals surface area contributed by atoms with Crippen LogP contribution in [0, 0.1) is 0 Å². The summed E-state index contributed by atoms with van der Waals surface area (Å²) in [5, 5.41) is 0. The number of nitrogens with zero attached hydrogens (tertiary/aromatic N) is 1. The highest BCUT2D eigenvalue weighted by atomic mass is 16.5. The zero-order valence-electron chi connectivity index (χ0n) is 11.0. The van der Waals surface area contributed by atoms with Gasteiger partial charge in [-0.05, 0) is 6.42 Å². The van der Waals surface area contributed by atoms with Crippen molar-refractivity contribution in [1.82, 2.24) is 4.90 Å². The molecule has 3 heteroatoms. The van der Waals surface area contributed by atoms with E-state index in [2.05, 4.69) is 6.92 Å². The lowest BCUT2D eigenvalue weighted by Gasteiger charge is -2.15. The second-order valence-corrected chi connectivity index (χ2v) is 3.13. The Bertz CT molecular complexity index is 138. The van der Waals surface area contributed by atoms with Gasteiger partial charge in [0, 0.05) is 26.6 Å². The average Bonchev–Trinajstić information content (AvgIpc) is 2.30. The fourth-order valence-corrected chi connectivity index (χ4v) is 0.945. The number of likely N-dealkylation sites (N-methyl/N-ethyl adjacent to an activating group) is 1. The molecule has 0 aliphatic rings. The third-order valence-corrected chi connectivity index (χ3v) is 1.94. The van der Waals surface area contributed by atoms with Gasteiger partial charge in [-0.2, -0.15) is 0 Å². The number of unbranched alkanes of at least 4 members (excludes halogenated alkanes) is 1. The molecule has 0 aliphatic carbocycles. The molecule has 0 bridgehead atoms. The summed E-state index contributed by atoms with van der Waals surface area (Å²) in [5.41, 5.74) is 0. The van der Waals surface area contributed by atoms with E-state index in [-0.39, 0.29) is 5.91 Å². The summed E-state index contributed by atoms with van der Waals surface area (Å²) in [5.74, 6) is 0.180. The molecule has 0 aromatic rings. The van der Waals surface area contributed by atoms with Crippen LogP contribution in [-0.2, 0) is 9.53 Å². The van der Waals surface area contributed by atoms with Crippen molar-refractivity contribution in [3.8, 4) is 0 Å². The number of amides is 1. The van der Waals surface area contributed by atoms with E-state index in [9.17, 15) is 4.79 Å². The van der Waals surface area contributed by atoms with Crippen molar-refractivity contribution in [3.05, 3.63) is 0 Å². The van der Waals surface area contributed by atoms with Crippen molar-refractivity contribution in [2.75, 3.05) is 26.8 Å². The minimum absolute atomic E-state index is 0.180. The minimum atomic E-state index is 0.180. The normalized spacial score (nSPS) is 9.13. The second-order valence-electron chi connectivity index (χ2n) is 3.13. The molecule has 0 aromatic heterocycles. The van der Waals surface area contributed by atoms with E-state index in [1.165, 1.54) is 0 Å². The Morgan fingerprint density at radius 3 is 2.27 bits per heavy atom. The number of carbonyl (C=O) groups excluding carboxylic acids is 1. The van der Waals surface area contributed by atoms with Gasteiger partial charge in [-0.15, -0.1) is 0 Å². The number of hydrogen-bond acceptors (Lipinski definition) is 2. The highest BCUT2D eigenvalue weighted by Crippen LogP contribution is 1.91. The molecule has 0 saturated carbocycles. The van der Waals surface area contributed by atoms with Gasteiger partial charge in [0.2, 0.25) is 5.91 Å². The van der Waals surface area contributed by atoms with Crippen LogP contribution < -0.4 is 0 Å². The van der Waals surface area contributed by atoms with E-state index < -0.39 is 0 Å². The lowest BCUT2D eigenvalue weighted by atomic mass is 10.4. The third kappa shape index (κ3) is 11.4. The van der Waals surface area contributed by atoms with Crippen LogP contribution in [0.1, 0.15) is 47.0 Å². The lowest BCUT2D eigenvalue weighted by molar-refractivity contribution is -0.130. The summed E-state index contributed by atoms with van der Waals surface area (Å²) < 4.78 is 5.35. The first kappa shape index (κ1) is 16.8. The largest absolute Gasteiger partial charge is 0.380 e. The second kappa shape index (κ2) is 13.4. The smallest absolute Gasteiger partial charge is 0.222 e. The molecule has 1 amide bonds. The van der Waals surface area contributed by atoms with Crippen LogP contribution in [0.15, 0.2) is 0 Å². The van der Waals surface area contributed by atoms with Gasteiger partial charge in [0.15, 0.2) is 0 Å². The van der Waals surface area contributed by atoms with Crippen LogP contribution in [0.3, 0.4) is 0 Å². The van der Waals surface area contributed by atoms with Gasteiger partial charge in [-0.3, -0.25) is 4.79 Å². The highest BCUT2D eigenvalue weighted by Gasteiger charge is 2.03. The molecule has 0 spiro atoms. The monoisotopic (exact) mass is 217 g/mol. The first-order valence-electron chi connectivity index (χ1n) is 6.04. The average molecular weight is 217 g/mol. The van der Waals surface area contributed by atoms with Crippen LogP contribution >= 0.6 is 0 Å². The maximum Gasteiger partial charge on any atom is 0.222 e. The Morgan fingerprint density at radius 2 is 1.80 bits per heavy atom. The molecule has 0 unspecified atom stereocenters.